The van der Waals surface area contributed by atoms with Gasteiger partial charge in [0.2, 0.25) is 0 Å². The minimum Gasteiger partial charge on any atom is -0.386 e. The van der Waals surface area contributed by atoms with Crippen molar-refractivity contribution in [1.29, 1.82) is 0 Å². The highest BCUT2D eigenvalue weighted by Crippen LogP contribution is 2.17. The van der Waals surface area contributed by atoms with E-state index in [2.05, 4.69) is 23.9 Å². The molecule has 0 radical (unpaired) electrons. The quantitative estimate of drug-likeness (QED) is 0.898. The summed E-state index contributed by atoms with van der Waals surface area (Å²) < 4.78 is 1.95. The van der Waals surface area contributed by atoms with E-state index in [0.717, 1.165) is 17.7 Å². The monoisotopic (exact) mass is 259 g/mol. The summed E-state index contributed by atoms with van der Waals surface area (Å²) in [7, 11) is 0. The molecule has 1 N–H and O–H groups in total. The summed E-state index contributed by atoms with van der Waals surface area (Å²) in [6.45, 7) is 6.25. The lowest BCUT2D eigenvalue weighted by Gasteiger charge is -2.10. The molecule has 2 unspecified atom stereocenters. The van der Waals surface area contributed by atoms with E-state index in [0.29, 0.717) is 18.2 Å². The van der Waals surface area contributed by atoms with Gasteiger partial charge in [-0.05, 0) is 38.0 Å². The van der Waals surface area contributed by atoms with Crippen molar-refractivity contribution in [3.63, 3.8) is 0 Å². The molecule has 2 aromatic heterocycles. The smallest absolute Gasteiger partial charge is 0.102 e. The first-order valence-corrected chi connectivity index (χ1v) is 6.74. The van der Waals surface area contributed by atoms with Crippen molar-refractivity contribution < 1.29 is 5.11 Å². The molecule has 0 aromatic carbocycles. The van der Waals surface area contributed by atoms with Crippen LogP contribution in [0.3, 0.4) is 0 Å². The molecule has 4 heteroatoms. The summed E-state index contributed by atoms with van der Waals surface area (Å²) in [5.41, 5.74) is 2.69. The van der Waals surface area contributed by atoms with Crippen molar-refractivity contribution in [3.05, 3.63) is 47.5 Å². The highest BCUT2D eigenvalue weighted by Gasteiger charge is 2.12. The maximum atomic E-state index is 10.2. The number of aliphatic hydroxyl groups excluding tert-OH is 1. The van der Waals surface area contributed by atoms with Gasteiger partial charge in [0, 0.05) is 24.9 Å². The molecule has 0 aliphatic carbocycles. The average Bonchev–Trinajstić information content (AvgIpc) is 2.87. The molecule has 0 aliphatic heterocycles. The molecular weight excluding hydrogens is 238 g/mol. The van der Waals surface area contributed by atoms with Crippen molar-refractivity contribution in [2.75, 3.05) is 0 Å². The van der Waals surface area contributed by atoms with E-state index in [-0.39, 0.29) is 0 Å². The number of aromatic nitrogens is 3. The Morgan fingerprint density at radius 1 is 1.32 bits per heavy atom. The van der Waals surface area contributed by atoms with Crippen LogP contribution >= 0.6 is 0 Å². The number of aryl methyl sites for hydroxylation is 1. The van der Waals surface area contributed by atoms with Crippen molar-refractivity contribution in [3.8, 4) is 0 Å². The Bertz CT molecular complexity index is 518. The second-order valence-electron chi connectivity index (χ2n) is 5.02. The van der Waals surface area contributed by atoms with Crippen LogP contribution in [0.2, 0.25) is 0 Å². The normalized spacial score (nSPS) is 14.3. The summed E-state index contributed by atoms with van der Waals surface area (Å²) in [6.07, 6.45) is 4.69. The summed E-state index contributed by atoms with van der Waals surface area (Å²) in [4.78, 5) is 4.25. The van der Waals surface area contributed by atoms with Crippen LogP contribution in [0.15, 0.2) is 30.6 Å². The Morgan fingerprint density at radius 3 is 2.74 bits per heavy atom. The molecule has 19 heavy (non-hydrogen) atoms. The van der Waals surface area contributed by atoms with Gasteiger partial charge in [-0.2, -0.15) is 5.10 Å². The molecule has 0 fully saturated rings. The Labute approximate surface area is 114 Å². The molecular formula is C15H21N3O. The van der Waals surface area contributed by atoms with Crippen LogP contribution in [-0.2, 0) is 6.42 Å². The third-order valence-electron chi connectivity index (χ3n) is 3.38. The van der Waals surface area contributed by atoms with Gasteiger partial charge < -0.3 is 5.11 Å². The van der Waals surface area contributed by atoms with Crippen LogP contribution in [0.25, 0.3) is 0 Å². The second kappa shape index (κ2) is 5.97. The fraction of sp³-hybridized carbons (Fsp3) is 0.467. The topological polar surface area (TPSA) is 50.9 Å². The van der Waals surface area contributed by atoms with Crippen molar-refractivity contribution in [1.82, 2.24) is 14.8 Å². The van der Waals surface area contributed by atoms with E-state index < -0.39 is 6.10 Å². The Hall–Kier alpha value is -1.68. The minimum atomic E-state index is -0.596. The fourth-order valence-corrected chi connectivity index (χ4v) is 1.90. The highest BCUT2D eigenvalue weighted by molar-refractivity contribution is 5.15. The van der Waals surface area contributed by atoms with Crippen LogP contribution < -0.4 is 0 Å². The van der Waals surface area contributed by atoms with Gasteiger partial charge in [-0.15, -0.1) is 0 Å². The number of nitrogens with zero attached hydrogens (tertiary/aromatic N) is 3. The number of hydrogen-bond acceptors (Lipinski definition) is 3. The first-order valence-electron chi connectivity index (χ1n) is 6.74. The SMILES string of the molecule is CCC(C)n1ccc(CC(O)c2ccc(C)cn2)n1. The number of rotatable bonds is 5. The molecule has 2 heterocycles. The standard InChI is InChI=1S/C15H21N3O/c1-4-12(3)18-8-7-13(17-18)9-15(19)14-6-5-11(2)10-16-14/h5-8,10,12,15,19H,4,9H2,1-3H3. The Kier molecular flexibility index (Phi) is 4.32. The first kappa shape index (κ1) is 13.7. The third kappa shape index (κ3) is 3.41. The predicted molar refractivity (Wildman–Crippen MR) is 74.9 cm³/mol. The fourth-order valence-electron chi connectivity index (χ4n) is 1.90. The van der Waals surface area contributed by atoms with Crippen LogP contribution in [0.4, 0.5) is 0 Å². The minimum absolute atomic E-state index is 0.392. The molecule has 4 nitrogen and oxygen atoms in total. The van der Waals surface area contributed by atoms with E-state index >= 15 is 0 Å². The molecule has 0 saturated heterocycles. The Morgan fingerprint density at radius 2 is 2.11 bits per heavy atom. The molecule has 0 bridgehead atoms. The lowest BCUT2D eigenvalue weighted by molar-refractivity contribution is 0.172. The van der Waals surface area contributed by atoms with Gasteiger partial charge >= 0.3 is 0 Å². The van der Waals surface area contributed by atoms with Gasteiger partial charge in [-0.3, -0.25) is 9.67 Å². The largest absolute Gasteiger partial charge is 0.386 e. The van der Waals surface area contributed by atoms with Crippen molar-refractivity contribution in [2.24, 2.45) is 0 Å². The van der Waals surface area contributed by atoms with Gasteiger partial charge in [0.25, 0.3) is 0 Å². The number of hydrogen-bond donors (Lipinski definition) is 1. The summed E-state index contributed by atoms with van der Waals surface area (Å²) in [5.74, 6) is 0. The number of aliphatic hydroxyl groups is 1. The van der Waals surface area contributed by atoms with E-state index in [1.807, 2.05) is 36.0 Å². The van der Waals surface area contributed by atoms with E-state index in [1.54, 1.807) is 6.20 Å². The second-order valence-corrected chi connectivity index (χ2v) is 5.02. The maximum absolute atomic E-state index is 10.2. The molecule has 102 valence electrons. The molecule has 2 aromatic rings. The van der Waals surface area contributed by atoms with Gasteiger partial charge in [0.05, 0.1) is 11.4 Å². The molecule has 2 atom stereocenters. The molecule has 0 spiro atoms. The van der Waals surface area contributed by atoms with E-state index in [4.69, 9.17) is 0 Å². The zero-order valence-corrected chi connectivity index (χ0v) is 11.7. The van der Waals surface area contributed by atoms with E-state index in [1.165, 1.54) is 0 Å². The summed E-state index contributed by atoms with van der Waals surface area (Å²) in [6, 6.07) is 6.18. The summed E-state index contributed by atoms with van der Waals surface area (Å²) >= 11 is 0. The molecule has 2 rings (SSSR count). The van der Waals surface area contributed by atoms with Crippen LogP contribution in [-0.4, -0.2) is 19.9 Å². The third-order valence-corrected chi connectivity index (χ3v) is 3.38. The van der Waals surface area contributed by atoms with Crippen LogP contribution in [0.1, 0.15) is 49.4 Å². The van der Waals surface area contributed by atoms with Crippen molar-refractivity contribution >= 4 is 0 Å². The first-order chi connectivity index (χ1) is 9.10. The van der Waals surface area contributed by atoms with Gasteiger partial charge in [-0.1, -0.05) is 13.0 Å². The van der Waals surface area contributed by atoms with Gasteiger partial charge in [-0.25, -0.2) is 0 Å². The lowest BCUT2D eigenvalue weighted by Crippen LogP contribution is -2.07. The zero-order chi connectivity index (χ0) is 13.8. The average molecular weight is 259 g/mol. The maximum Gasteiger partial charge on any atom is 0.102 e. The molecule has 0 aliphatic rings. The highest BCUT2D eigenvalue weighted by atomic mass is 16.3. The molecule has 0 amide bonds. The summed E-state index contributed by atoms with van der Waals surface area (Å²) in [5, 5.41) is 14.7. The van der Waals surface area contributed by atoms with Gasteiger partial charge in [0.1, 0.15) is 6.10 Å². The number of pyridine rings is 1. The van der Waals surface area contributed by atoms with Crippen LogP contribution in [0, 0.1) is 6.92 Å². The lowest BCUT2D eigenvalue weighted by atomic mass is 10.1. The van der Waals surface area contributed by atoms with Gasteiger partial charge in [0.15, 0.2) is 0 Å². The zero-order valence-electron chi connectivity index (χ0n) is 11.7. The predicted octanol–water partition coefficient (Wildman–Crippen LogP) is 2.83. The molecule has 0 saturated carbocycles. The van der Waals surface area contributed by atoms with E-state index in [9.17, 15) is 5.11 Å². The van der Waals surface area contributed by atoms with Crippen LogP contribution in [0.5, 0.6) is 0 Å². The Balaban J connectivity index is 2.04. The van der Waals surface area contributed by atoms with Crippen molar-refractivity contribution in [2.45, 2.75) is 45.8 Å².